The van der Waals surface area contributed by atoms with E-state index in [1.54, 1.807) is 12.1 Å². The molecule has 2 aromatic carbocycles. The highest BCUT2D eigenvalue weighted by molar-refractivity contribution is 9.10. The molecule has 20 heavy (non-hydrogen) atoms. The smallest absolute Gasteiger partial charge is 0.130 e. The zero-order valence-corrected chi connectivity index (χ0v) is 13.2. The molecule has 0 aromatic heterocycles. The van der Waals surface area contributed by atoms with Crippen LogP contribution in [-0.4, -0.2) is 5.11 Å². The number of hydrogen-bond acceptors (Lipinski definition) is 1. The van der Waals surface area contributed by atoms with Gasteiger partial charge < -0.3 is 5.11 Å². The molecule has 0 saturated carbocycles. The summed E-state index contributed by atoms with van der Waals surface area (Å²) in [5.74, 6) is -0.393. The van der Waals surface area contributed by atoms with Gasteiger partial charge in [-0.1, -0.05) is 54.0 Å². The summed E-state index contributed by atoms with van der Waals surface area (Å²) < 4.78 is 14.6. The number of aliphatic hydroxyl groups is 1. The molecule has 2 aromatic rings. The predicted octanol–water partition coefficient (Wildman–Crippen LogP) is 4.79. The molecule has 0 radical (unpaired) electrons. The minimum atomic E-state index is -0.952. The Morgan fingerprint density at radius 1 is 1.15 bits per heavy atom. The van der Waals surface area contributed by atoms with E-state index in [1.165, 1.54) is 6.07 Å². The number of aliphatic hydroxyl groups excluding tert-OH is 1. The van der Waals surface area contributed by atoms with Crippen molar-refractivity contribution in [1.82, 2.24) is 0 Å². The molecule has 2 rings (SSSR count). The molecule has 1 N–H and O–H groups in total. The van der Waals surface area contributed by atoms with Crippen LogP contribution >= 0.6 is 15.9 Å². The molecular weight excluding hydrogens is 319 g/mol. The molecule has 0 heterocycles. The highest BCUT2D eigenvalue weighted by Crippen LogP contribution is 2.33. The molecule has 1 nitrogen and oxygen atoms in total. The van der Waals surface area contributed by atoms with Crippen molar-refractivity contribution in [2.24, 2.45) is 0 Å². The number of benzene rings is 2. The van der Waals surface area contributed by atoms with Gasteiger partial charge in [0.05, 0.1) is 0 Å². The Morgan fingerprint density at radius 3 is 2.50 bits per heavy atom. The summed E-state index contributed by atoms with van der Waals surface area (Å²) in [6.45, 7) is 4.10. The first kappa shape index (κ1) is 15.2. The Hall–Kier alpha value is -1.19. The highest BCUT2D eigenvalue weighted by atomic mass is 79.9. The maximum atomic E-state index is 14.0. The SMILES string of the molecule is CCc1ccc(CC)c(C(O)c2c(F)cccc2Br)c1. The van der Waals surface area contributed by atoms with Crippen LogP contribution in [0.4, 0.5) is 4.39 Å². The van der Waals surface area contributed by atoms with Crippen LogP contribution in [0, 0.1) is 5.82 Å². The van der Waals surface area contributed by atoms with Gasteiger partial charge in [0.2, 0.25) is 0 Å². The van der Waals surface area contributed by atoms with E-state index in [2.05, 4.69) is 28.9 Å². The Bertz CT molecular complexity index is 590. The van der Waals surface area contributed by atoms with Gasteiger partial charge in [0.1, 0.15) is 11.9 Å². The van der Waals surface area contributed by atoms with E-state index in [1.807, 2.05) is 19.1 Å². The van der Waals surface area contributed by atoms with Gasteiger partial charge in [-0.05, 0) is 41.7 Å². The second-order valence-corrected chi connectivity index (χ2v) is 5.63. The molecule has 0 bridgehead atoms. The van der Waals surface area contributed by atoms with Crippen molar-refractivity contribution in [1.29, 1.82) is 0 Å². The van der Waals surface area contributed by atoms with Crippen LogP contribution in [0.2, 0.25) is 0 Å². The molecule has 0 fully saturated rings. The third kappa shape index (κ3) is 2.94. The van der Waals surface area contributed by atoms with Crippen molar-refractivity contribution in [2.75, 3.05) is 0 Å². The number of hydrogen-bond donors (Lipinski definition) is 1. The second-order valence-electron chi connectivity index (χ2n) is 4.78. The number of aryl methyl sites for hydroxylation is 2. The average Bonchev–Trinajstić information content (AvgIpc) is 2.46. The molecule has 0 amide bonds. The van der Waals surface area contributed by atoms with Crippen molar-refractivity contribution in [3.8, 4) is 0 Å². The van der Waals surface area contributed by atoms with Crippen LogP contribution in [0.25, 0.3) is 0 Å². The summed E-state index contributed by atoms with van der Waals surface area (Å²) in [5.41, 5.74) is 3.28. The summed E-state index contributed by atoms with van der Waals surface area (Å²) in [6.07, 6.45) is 0.747. The van der Waals surface area contributed by atoms with Gasteiger partial charge in [-0.25, -0.2) is 4.39 Å². The zero-order valence-electron chi connectivity index (χ0n) is 11.7. The molecule has 0 aliphatic heterocycles. The Labute approximate surface area is 127 Å². The number of halogens is 2. The van der Waals surface area contributed by atoms with E-state index in [0.29, 0.717) is 10.0 Å². The van der Waals surface area contributed by atoms with E-state index < -0.39 is 11.9 Å². The molecule has 1 atom stereocenters. The minimum absolute atomic E-state index is 0.301. The highest BCUT2D eigenvalue weighted by Gasteiger charge is 2.20. The molecule has 3 heteroatoms. The fourth-order valence-electron chi connectivity index (χ4n) is 2.37. The van der Waals surface area contributed by atoms with E-state index >= 15 is 0 Å². The lowest BCUT2D eigenvalue weighted by Crippen LogP contribution is -2.07. The minimum Gasteiger partial charge on any atom is -0.383 e. The largest absolute Gasteiger partial charge is 0.383 e. The van der Waals surface area contributed by atoms with Crippen LogP contribution in [0.1, 0.15) is 42.2 Å². The number of rotatable bonds is 4. The van der Waals surface area contributed by atoms with Crippen LogP contribution < -0.4 is 0 Å². The van der Waals surface area contributed by atoms with Gasteiger partial charge in [-0.15, -0.1) is 0 Å². The van der Waals surface area contributed by atoms with Gasteiger partial charge in [-0.2, -0.15) is 0 Å². The summed E-state index contributed by atoms with van der Waals surface area (Å²) in [6, 6.07) is 10.8. The monoisotopic (exact) mass is 336 g/mol. The standard InChI is InChI=1S/C17H18BrFO/c1-3-11-8-9-12(4-2)13(10-11)17(20)16-14(18)6-5-7-15(16)19/h5-10,17,20H,3-4H2,1-2H3. The van der Waals surface area contributed by atoms with Crippen molar-refractivity contribution in [2.45, 2.75) is 32.8 Å². The lowest BCUT2D eigenvalue weighted by Gasteiger charge is -2.18. The lowest BCUT2D eigenvalue weighted by molar-refractivity contribution is 0.213. The zero-order chi connectivity index (χ0) is 14.7. The van der Waals surface area contributed by atoms with Crippen LogP contribution in [0.3, 0.4) is 0 Å². The normalized spacial score (nSPS) is 12.4. The van der Waals surface area contributed by atoms with E-state index in [0.717, 1.165) is 29.5 Å². The van der Waals surface area contributed by atoms with Crippen LogP contribution in [-0.2, 0) is 12.8 Å². The Kier molecular flexibility index (Phi) is 4.95. The molecule has 0 spiro atoms. The molecule has 0 saturated heterocycles. The first-order chi connectivity index (χ1) is 9.58. The van der Waals surface area contributed by atoms with Crippen LogP contribution in [0.15, 0.2) is 40.9 Å². The fraction of sp³-hybridized carbons (Fsp3) is 0.294. The lowest BCUT2D eigenvalue weighted by atomic mass is 9.93. The molecule has 0 aliphatic rings. The van der Waals surface area contributed by atoms with Gasteiger partial charge >= 0.3 is 0 Å². The van der Waals surface area contributed by atoms with Crippen molar-refractivity contribution in [3.63, 3.8) is 0 Å². The van der Waals surface area contributed by atoms with Crippen molar-refractivity contribution >= 4 is 15.9 Å². The van der Waals surface area contributed by atoms with Crippen molar-refractivity contribution in [3.05, 3.63) is 68.9 Å². The summed E-state index contributed by atoms with van der Waals surface area (Å²) in [4.78, 5) is 0. The van der Waals surface area contributed by atoms with E-state index in [9.17, 15) is 9.50 Å². The topological polar surface area (TPSA) is 20.2 Å². The summed E-state index contributed by atoms with van der Waals surface area (Å²) in [7, 11) is 0. The molecule has 0 aliphatic carbocycles. The third-order valence-corrected chi connectivity index (χ3v) is 4.26. The maximum absolute atomic E-state index is 14.0. The van der Waals surface area contributed by atoms with Crippen molar-refractivity contribution < 1.29 is 9.50 Å². The summed E-state index contributed by atoms with van der Waals surface area (Å²) in [5, 5.41) is 10.6. The van der Waals surface area contributed by atoms with Gasteiger partial charge in [-0.3, -0.25) is 0 Å². The predicted molar refractivity (Wildman–Crippen MR) is 83.4 cm³/mol. The first-order valence-corrected chi connectivity index (χ1v) is 7.61. The molecule has 1 unspecified atom stereocenters. The third-order valence-electron chi connectivity index (χ3n) is 3.57. The van der Waals surface area contributed by atoms with E-state index in [-0.39, 0.29) is 0 Å². The quantitative estimate of drug-likeness (QED) is 0.850. The average molecular weight is 337 g/mol. The summed E-state index contributed by atoms with van der Waals surface area (Å²) >= 11 is 3.33. The maximum Gasteiger partial charge on any atom is 0.130 e. The second kappa shape index (κ2) is 6.51. The molecular formula is C17H18BrFO. The van der Waals surface area contributed by atoms with Gasteiger partial charge in [0.25, 0.3) is 0 Å². The fourth-order valence-corrected chi connectivity index (χ4v) is 2.93. The van der Waals surface area contributed by atoms with Crippen LogP contribution in [0.5, 0.6) is 0 Å². The Balaban J connectivity index is 2.55. The van der Waals surface area contributed by atoms with Gasteiger partial charge in [0.15, 0.2) is 0 Å². The molecule has 106 valence electrons. The first-order valence-electron chi connectivity index (χ1n) is 6.82. The Morgan fingerprint density at radius 2 is 1.90 bits per heavy atom. The van der Waals surface area contributed by atoms with Gasteiger partial charge in [0, 0.05) is 10.0 Å². The van der Waals surface area contributed by atoms with E-state index in [4.69, 9.17) is 0 Å².